The summed E-state index contributed by atoms with van der Waals surface area (Å²) in [5.41, 5.74) is 6.40. The van der Waals surface area contributed by atoms with Crippen LogP contribution in [0.15, 0.2) is 18.2 Å². The highest BCUT2D eigenvalue weighted by atomic mass is 16.5. The topological polar surface area (TPSA) is 68.5 Å². The number of aromatic nitrogens is 1. The highest BCUT2D eigenvalue weighted by molar-refractivity contribution is 5.80. The van der Waals surface area contributed by atoms with Crippen LogP contribution in [-0.4, -0.2) is 30.6 Å². The van der Waals surface area contributed by atoms with Crippen molar-refractivity contribution in [2.45, 2.75) is 45.7 Å². The summed E-state index contributed by atoms with van der Waals surface area (Å²) in [5.74, 6) is 0.614. The van der Waals surface area contributed by atoms with Crippen molar-refractivity contribution in [3.05, 3.63) is 23.9 Å². The lowest BCUT2D eigenvalue weighted by atomic mass is 10.2. The van der Waals surface area contributed by atoms with Gasteiger partial charge < -0.3 is 15.4 Å². The molecule has 112 valence electrons. The fraction of sp³-hybridized carbons (Fsp3) is 0.600. The molecule has 1 aromatic heterocycles. The fourth-order valence-electron chi connectivity index (χ4n) is 2.16. The van der Waals surface area contributed by atoms with Crippen LogP contribution in [0.3, 0.4) is 0 Å². The molecule has 0 aromatic carbocycles. The van der Waals surface area contributed by atoms with Gasteiger partial charge >= 0.3 is 5.97 Å². The molecule has 2 N–H and O–H groups in total. The van der Waals surface area contributed by atoms with Crippen molar-refractivity contribution in [2.24, 2.45) is 5.73 Å². The van der Waals surface area contributed by atoms with E-state index in [1.165, 1.54) is 13.5 Å². The predicted molar refractivity (Wildman–Crippen MR) is 80.5 cm³/mol. The summed E-state index contributed by atoms with van der Waals surface area (Å²) >= 11 is 0. The number of carbonyl (C=O) groups excluding carboxylic acids is 1. The molecule has 2 heterocycles. The maximum Gasteiger partial charge on any atom is 0.328 e. The van der Waals surface area contributed by atoms with Gasteiger partial charge in [0.15, 0.2) is 0 Å². The SMILES string of the molecule is CCC.COC(=O)C1CCCN1c1cccc(CN)n1. The zero-order valence-corrected chi connectivity index (χ0v) is 12.6. The van der Waals surface area contributed by atoms with Crippen LogP contribution >= 0.6 is 0 Å². The number of nitrogens with zero attached hydrogens (tertiary/aromatic N) is 2. The minimum Gasteiger partial charge on any atom is -0.467 e. The summed E-state index contributed by atoms with van der Waals surface area (Å²) in [6.07, 6.45) is 3.05. The second-order valence-corrected chi connectivity index (χ2v) is 4.77. The molecular formula is C15H25N3O2. The first kappa shape index (κ1) is 16.4. The van der Waals surface area contributed by atoms with E-state index in [1.807, 2.05) is 23.1 Å². The van der Waals surface area contributed by atoms with E-state index < -0.39 is 0 Å². The van der Waals surface area contributed by atoms with Crippen molar-refractivity contribution in [3.8, 4) is 0 Å². The average Bonchev–Trinajstić information content (AvgIpc) is 2.97. The molecule has 1 fully saturated rings. The van der Waals surface area contributed by atoms with Gasteiger partial charge in [0, 0.05) is 13.1 Å². The van der Waals surface area contributed by atoms with Crippen LogP contribution in [0.4, 0.5) is 5.82 Å². The van der Waals surface area contributed by atoms with E-state index in [-0.39, 0.29) is 12.0 Å². The van der Waals surface area contributed by atoms with Gasteiger partial charge in [-0.3, -0.25) is 0 Å². The monoisotopic (exact) mass is 279 g/mol. The average molecular weight is 279 g/mol. The van der Waals surface area contributed by atoms with E-state index in [0.29, 0.717) is 6.54 Å². The molecule has 1 aliphatic rings. The van der Waals surface area contributed by atoms with Gasteiger partial charge in [-0.05, 0) is 25.0 Å². The number of ether oxygens (including phenoxy) is 1. The van der Waals surface area contributed by atoms with Gasteiger partial charge in [-0.2, -0.15) is 0 Å². The number of rotatable bonds is 3. The van der Waals surface area contributed by atoms with Gasteiger partial charge in [-0.15, -0.1) is 0 Å². The number of nitrogens with two attached hydrogens (primary N) is 1. The van der Waals surface area contributed by atoms with E-state index in [1.54, 1.807) is 0 Å². The highest BCUT2D eigenvalue weighted by Gasteiger charge is 2.32. The van der Waals surface area contributed by atoms with Crippen molar-refractivity contribution in [2.75, 3.05) is 18.6 Å². The molecule has 0 saturated carbocycles. The molecule has 5 nitrogen and oxygen atoms in total. The van der Waals surface area contributed by atoms with Crippen LogP contribution in [-0.2, 0) is 16.1 Å². The molecule has 0 spiro atoms. The summed E-state index contributed by atoms with van der Waals surface area (Å²) in [6.45, 7) is 5.49. The number of esters is 1. The smallest absolute Gasteiger partial charge is 0.328 e. The molecule has 5 heteroatoms. The third kappa shape index (κ3) is 4.20. The first-order valence-electron chi connectivity index (χ1n) is 7.18. The van der Waals surface area contributed by atoms with E-state index in [2.05, 4.69) is 18.8 Å². The van der Waals surface area contributed by atoms with Gasteiger partial charge in [0.2, 0.25) is 0 Å². The summed E-state index contributed by atoms with van der Waals surface area (Å²) in [6, 6.07) is 5.49. The van der Waals surface area contributed by atoms with Crippen LogP contribution in [0.2, 0.25) is 0 Å². The van der Waals surface area contributed by atoms with Crippen LogP contribution in [0, 0.1) is 0 Å². The molecule has 1 aromatic rings. The van der Waals surface area contributed by atoms with E-state index in [4.69, 9.17) is 10.5 Å². The minimum atomic E-state index is -0.208. The van der Waals surface area contributed by atoms with Gasteiger partial charge in [0.05, 0.1) is 12.8 Å². The highest BCUT2D eigenvalue weighted by Crippen LogP contribution is 2.24. The third-order valence-corrected chi connectivity index (χ3v) is 3.02. The zero-order chi connectivity index (χ0) is 15.0. The van der Waals surface area contributed by atoms with E-state index >= 15 is 0 Å². The Labute approximate surface area is 121 Å². The Hall–Kier alpha value is -1.62. The lowest BCUT2D eigenvalue weighted by Crippen LogP contribution is -2.37. The van der Waals surface area contributed by atoms with E-state index in [0.717, 1.165) is 30.9 Å². The Morgan fingerprint density at radius 2 is 2.20 bits per heavy atom. The Bertz CT molecular complexity index is 423. The lowest BCUT2D eigenvalue weighted by molar-refractivity contribution is -0.141. The van der Waals surface area contributed by atoms with Crippen LogP contribution in [0.25, 0.3) is 0 Å². The van der Waals surface area contributed by atoms with Crippen LogP contribution in [0.5, 0.6) is 0 Å². The van der Waals surface area contributed by atoms with Crippen molar-refractivity contribution >= 4 is 11.8 Å². The third-order valence-electron chi connectivity index (χ3n) is 3.02. The second-order valence-electron chi connectivity index (χ2n) is 4.77. The number of pyridine rings is 1. The first-order valence-corrected chi connectivity index (χ1v) is 7.18. The van der Waals surface area contributed by atoms with Crippen molar-refractivity contribution in [3.63, 3.8) is 0 Å². The normalized spacial score (nSPS) is 17.4. The number of hydrogen-bond donors (Lipinski definition) is 1. The quantitative estimate of drug-likeness (QED) is 0.858. The molecule has 0 bridgehead atoms. The van der Waals surface area contributed by atoms with Crippen LogP contribution in [0.1, 0.15) is 38.8 Å². The summed E-state index contributed by atoms with van der Waals surface area (Å²) in [7, 11) is 1.42. The molecule has 1 aliphatic heterocycles. The molecule has 0 amide bonds. The van der Waals surface area contributed by atoms with Crippen molar-refractivity contribution in [1.29, 1.82) is 0 Å². The van der Waals surface area contributed by atoms with Crippen LogP contribution < -0.4 is 10.6 Å². The second kappa shape index (κ2) is 8.53. The van der Waals surface area contributed by atoms with Gasteiger partial charge in [-0.1, -0.05) is 26.3 Å². The molecule has 1 atom stereocenters. The van der Waals surface area contributed by atoms with Gasteiger partial charge in [0.1, 0.15) is 11.9 Å². The fourth-order valence-corrected chi connectivity index (χ4v) is 2.16. The molecule has 1 unspecified atom stereocenters. The van der Waals surface area contributed by atoms with Crippen molar-refractivity contribution in [1.82, 2.24) is 4.98 Å². The molecule has 20 heavy (non-hydrogen) atoms. The molecule has 0 aliphatic carbocycles. The maximum atomic E-state index is 11.6. The Morgan fingerprint density at radius 3 is 2.80 bits per heavy atom. The molecular weight excluding hydrogens is 254 g/mol. The standard InChI is InChI=1S/C12H17N3O2.C3H8/c1-17-12(16)10-5-3-7-15(10)11-6-2-4-9(8-13)14-11;1-3-2/h2,4,6,10H,3,5,7-8,13H2,1H3;3H2,1-2H3. The molecule has 2 rings (SSSR count). The minimum absolute atomic E-state index is 0.192. The number of hydrogen-bond acceptors (Lipinski definition) is 5. The predicted octanol–water partition coefficient (Wildman–Crippen LogP) is 2.10. The largest absolute Gasteiger partial charge is 0.467 e. The van der Waals surface area contributed by atoms with Gasteiger partial charge in [-0.25, -0.2) is 9.78 Å². The Balaban J connectivity index is 0.000000612. The Kier molecular flexibility index (Phi) is 7.01. The summed E-state index contributed by atoms with van der Waals surface area (Å²) < 4.78 is 4.81. The van der Waals surface area contributed by atoms with E-state index in [9.17, 15) is 4.79 Å². The summed E-state index contributed by atoms with van der Waals surface area (Å²) in [5, 5.41) is 0. The zero-order valence-electron chi connectivity index (χ0n) is 12.6. The Morgan fingerprint density at radius 1 is 1.50 bits per heavy atom. The lowest BCUT2D eigenvalue weighted by Gasteiger charge is -2.23. The maximum absolute atomic E-state index is 11.6. The number of methoxy groups -OCH3 is 1. The summed E-state index contributed by atoms with van der Waals surface area (Å²) in [4.78, 5) is 18.1. The first-order chi connectivity index (χ1) is 9.67. The number of carbonyl (C=O) groups is 1. The number of anilines is 1. The molecule has 1 saturated heterocycles. The molecule has 0 radical (unpaired) electrons. The van der Waals surface area contributed by atoms with Gasteiger partial charge in [0.25, 0.3) is 0 Å². The van der Waals surface area contributed by atoms with Crippen molar-refractivity contribution < 1.29 is 9.53 Å².